The average molecular weight is 450 g/mol. The molecule has 6 nitrogen and oxygen atoms in total. The number of ether oxygens (including phenoxy) is 1. The summed E-state index contributed by atoms with van der Waals surface area (Å²) in [6.07, 6.45) is 1.07. The summed E-state index contributed by atoms with van der Waals surface area (Å²) in [6.45, 7) is 8.97. The Morgan fingerprint density at radius 1 is 1.22 bits per heavy atom. The normalized spacial score (nSPS) is 30.7. The van der Waals surface area contributed by atoms with Gasteiger partial charge >= 0.3 is 6.18 Å². The summed E-state index contributed by atoms with van der Waals surface area (Å²) in [6, 6.07) is 2.49. The van der Waals surface area contributed by atoms with Gasteiger partial charge in [-0.2, -0.15) is 13.2 Å². The van der Waals surface area contributed by atoms with E-state index in [1.165, 1.54) is 6.20 Å². The third-order valence-electron chi connectivity index (χ3n) is 7.38. The molecule has 0 spiro atoms. The van der Waals surface area contributed by atoms with E-state index in [2.05, 4.69) is 35.2 Å². The highest BCUT2D eigenvalue weighted by Gasteiger charge is 2.58. The maximum atomic E-state index is 13.3. The molecule has 0 amide bonds. The lowest BCUT2D eigenvalue weighted by Gasteiger charge is -2.38. The van der Waals surface area contributed by atoms with Crippen LogP contribution in [0.15, 0.2) is 18.5 Å². The minimum Gasteiger partial charge on any atom is -0.383 e. The average Bonchev–Trinajstić information content (AvgIpc) is 3.07. The van der Waals surface area contributed by atoms with E-state index in [1.807, 2.05) is 6.20 Å². The van der Waals surface area contributed by atoms with Gasteiger partial charge in [0.2, 0.25) is 0 Å². The Kier molecular flexibility index (Phi) is 5.24. The number of rotatable bonds is 4. The van der Waals surface area contributed by atoms with Crippen LogP contribution in [0.5, 0.6) is 0 Å². The van der Waals surface area contributed by atoms with Gasteiger partial charge < -0.3 is 15.0 Å². The topological polar surface area (TPSA) is 69.2 Å². The molecule has 0 radical (unpaired) electrons. The van der Waals surface area contributed by atoms with Gasteiger partial charge in [-0.3, -0.25) is 4.90 Å². The number of pyridine rings is 1. The number of nitrogens with zero attached hydrogens (tertiary/aromatic N) is 4. The van der Waals surface area contributed by atoms with Gasteiger partial charge in [0.25, 0.3) is 0 Å². The van der Waals surface area contributed by atoms with Crippen molar-refractivity contribution >= 4 is 5.82 Å². The molecule has 32 heavy (non-hydrogen) atoms. The lowest BCUT2D eigenvalue weighted by molar-refractivity contribution is -0.137. The summed E-state index contributed by atoms with van der Waals surface area (Å²) in [5.41, 5.74) is 5.43. The van der Waals surface area contributed by atoms with Crippen LogP contribution in [0.2, 0.25) is 0 Å². The SMILES string of the molecule is CC(C)c1nc(-c2cnc(N)c(C(F)(F)F)c2)cn1[C@H]1[C@@H]2CC(N3CCOC[C@@H]3C)C[C@@H]21. The Labute approximate surface area is 186 Å². The first-order valence-electron chi connectivity index (χ1n) is 11.4. The largest absolute Gasteiger partial charge is 0.419 e. The number of aromatic nitrogens is 3. The first-order valence-corrected chi connectivity index (χ1v) is 11.4. The molecule has 1 aliphatic heterocycles. The second-order valence-electron chi connectivity index (χ2n) is 9.81. The fourth-order valence-electron chi connectivity index (χ4n) is 5.80. The van der Waals surface area contributed by atoms with Crippen molar-refractivity contribution in [2.75, 3.05) is 25.5 Å². The van der Waals surface area contributed by atoms with E-state index in [0.29, 0.717) is 41.2 Å². The predicted octanol–water partition coefficient (Wildman–Crippen LogP) is 4.34. The highest BCUT2D eigenvalue weighted by molar-refractivity contribution is 5.62. The Balaban J connectivity index is 1.38. The van der Waals surface area contributed by atoms with Crippen molar-refractivity contribution in [3.63, 3.8) is 0 Å². The van der Waals surface area contributed by atoms with E-state index in [4.69, 9.17) is 15.5 Å². The van der Waals surface area contributed by atoms with Crippen LogP contribution < -0.4 is 5.73 Å². The van der Waals surface area contributed by atoms with E-state index in [9.17, 15) is 13.2 Å². The Morgan fingerprint density at radius 2 is 1.94 bits per heavy atom. The molecule has 2 aliphatic carbocycles. The number of nitrogen functional groups attached to an aromatic ring is 1. The van der Waals surface area contributed by atoms with Crippen LogP contribution >= 0.6 is 0 Å². The molecular weight excluding hydrogens is 419 g/mol. The zero-order valence-electron chi connectivity index (χ0n) is 18.6. The molecule has 2 aromatic heterocycles. The van der Waals surface area contributed by atoms with Crippen molar-refractivity contribution < 1.29 is 17.9 Å². The fourth-order valence-corrected chi connectivity index (χ4v) is 5.80. The van der Waals surface area contributed by atoms with Gasteiger partial charge in [0.05, 0.1) is 24.5 Å². The van der Waals surface area contributed by atoms with Crippen LogP contribution in [0.3, 0.4) is 0 Å². The summed E-state index contributed by atoms with van der Waals surface area (Å²) in [7, 11) is 0. The molecule has 1 unspecified atom stereocenters. The molecule has 9 heteroatoms. The van der Waals surface area contributed by atoms with Crippen LogP contribution in [0.1, 0.15) is 57.0 Å². The molecule has 0 bridgehead atoms. The zero-order valence-corrected chi connectivity index (χ0v) is 18.6. The van der Waals surface area contributed by atoms with Crippen molar-refractivity contribution in [3.05, 3.63) is 29.8 Å². The second kappa shape index (κ2) is 7.73. The Hall–Kier alpha value is -2.13. The van der Waals surface area contributed by atoms with Crippen LogP contribution in [-0.2, 0) is 10.9 Å². The Bertz CT molecular complexity index is 992. The smallest absolute Gasteiger partial charge is 0.383 e. The molecule has 1 saturated heterocycles. The number of anilines is 1. The summed E-state index contributed by atoms with van der Waals surface area (Å²) in [4.78, 5) is 11.1. The van der Waals surface area contributed by atoms with E-state index in [-0.39, 0.29) is 5.92 Å². The van der Waals surface area contributed by atoms with Crippen molar-refractivity contribution in [1.82, 2.24) is 19.4 Å². The first kappa shape index (κ1) is 21.7. The number of alkyl halides is 3. The standard InChI is InChI=1S/C23H30F3N5O/c1-12(2)22-29-19(14-6-18(23(24,25)26)21(27)28-9-14)10-31(22)20-16-7-15(8-17(16)20)30-4-5-32-11-13(30)3/h6,9-10,12-13,15-17,20H,4-5,7-8,11H2,1-3H3,(H2,27,28)/t13-,15?,16-,17+,20+/m0/s1. The molecule has 2 saturated carbocycles. The number of hydrogen-bond donors (Lipinski definition) is 1. The number of nitrogens with two attached hydrogens (primary N) is 1. The van der Waals surface area contributed by atoms with Crippen LogP contribution in [0.4, 0.5) is 19.0 Å². The molecular formula is C23H30F3N5O. The minimum atomic E-state index is -4.55. The summed E-state index contributed by atoms with van der Waals surface area (Å²) in [5, 5.41) is 0. The van der Waals surface area contributed by atoms with E-state index >= 15 is 0 Å². The quantitative estimate of drug-likeness (QED) is 0.752. The number of fused-ring (bicyclic) bond motifs is 1. The second-order valence-corrected chi connectivity index (χ2v) is 9.81. The van der Waals surface area contributed by atoms with E-state index < -0.39 is 17.6 Å². The number of hydrogen-bond acceptors (Lipinski definition) is 5. The maximum absolute atomic E-state index is 13.3. The molecule has 2 aromatic rings. The minimum absolute atomic E-state index is 0.170. The van der Waals surface area contributed by atoms with Crippen molar-refractivity contribution in [2.45, 2.75) is 63.8 Å². The summed E-state index contributed by atoms with van der Waals surface area (Å²) >= 11 is 0. The lowest BCUT2D eigenvalue weighted by atomic mass is 10.1. The maximum Gasteiger partial charge on any atom is 0.419 e. The summed E-state index contributed by atoms with van der Waals surface area (Å²) in [5.74, 6) is 1.78. The lowest BCUT2D eigenvalue weighted by Crippen LogP contribution is -2.49. The van der Waals surface area contributed by atoms with Crippen LogP contribution in [-0.4, -0.2) is 51.3 Å². The number of imidazole rings is 1. The van der Waals surface area contributed by atoms with E-state index in [1.54, 1.807) is 0 Å². The van der Waals surface area contributed by atoms with Crippen LogP contribution in [0.25, 0.3) is 11.3 Å². The van der Waals surface area contributed by atoms with Crippen molar-refractivity contribution in [2.24, 2.45) is 11.8 Å². The highest BCUT2D eigenvalue weighted by atomic mass is 19.4. The van der Waals surface area contributed by atoms with Gasteiger partial charge in [0, 0.05) is 48.5 Å². The molecule has 2 N–H and O–H groups in total. The van der Waals surface area contributed by atoms with Gasteiger partial charge in [0.15, 0.2) is 0 Å². The molecule has 3 fully saturated rings. The molecule has 174 valence electrons. The van der Waals surface area contributed by atoms with Gasteiger partial charge in [-0.1, -0.05) is 13.8 Å². The monoisotopic (exact) mass is 449 g/mol. The molecule has 5 atom stereocenters. The van der Waals surface area contributed by atoms with Gasteiger partial charge in [0.1, 0.15) is 11.6 Å². The zero-order chi connectivity index (χ0) is 22.8. The van der Waals surface area contributed by atoms with Crippen LogP contribution in [0, 0.1) is 11.8 Å². The van der Waals surface area contributed by atoms with Gasteiger partial charge in [-0.05, 0) is 37.7 Å². The molecule has 3 aliphatic rings. The molecule has 3 heterocycles. The highest BCUT2D eigenvalue weighted by Crippen LogP contribution is 2.62. The fraction of sp³-hybridized carbons (Fsp3) is 0.652. The van der Waals surface area contributed by atoms with Gasteiger partial charge in [-0.25, -0.2) is 9.97 Å². The Morgan fingerprint density at radius 3 is 2.56 bits per heavy atom. The number of halogens is 3. The summed E-state index contributed by atoms with van der Waals surface area (Å²) < 4.78 is 47.7. The third-order valence-corrected chi connectivity index (χ3v) is 7.38. The molecule has 0 aromatic carbocycles. The van der Waals surface area contributed by atoms with Gasteiger partial charge in [-0.15, -0.1) is 0 Å². The first-order chi connectivity index (χ1) is 15.1. The number of morpholine rings is 1. The predicted molar refractivity (Wildman–Crippen MR) is 115 cm³/mol. The molecule has 5 rings (SSSR count). The van der Waals surface area contributed by atoms with Crippen molar-refractivity contribution in [1.29, 1.82) is 0 Å². The third kappa shape index (κ3) is 3.69. The van der Waals surface area contributed by atoms with E-state index in [0.717, 1.165) is 44.5 Å². The van der Waals surface area contributed by atoms with Crippen molar-refractivity contribution in [3.8, 4) is 11.3 Å².